The van der Waals surface area contributed by atoms with Crippen LogP contribution in [0.15, 0.2) is 36.8 Å². The molecule has 0 unspecified atom stereocenters. The molecule has 0 amide bonds. The first-order chi connectivity index (χ1) is 13.2. The van der Waals surface area contributed by atoms with E-state index in [0.717, 1.165) is 50.2 Å². The van der Waals surface area contributed by atoms with E-state index >= 15 is 0 Å². The minimum atomic E-state index is -0.0663. The van der Waals surface area contributed by atoms with E-state index in [9.17, 15) is 0 Å². The minimum absolute atomic E-state index is 0.0663. The van der Waals surface area contributed by atoms with Gasteiger partial charge >= 0.3 is 0 Å². The fourth-order valence-electron chi connectivity index (χ4n) is 4.11. The van der Waals surface area contributed by atoms with E-state index in [0.29, 0.717) is 12.5 Å². The molecule has 1 spiro atoms. The molecule has 4 heterocycles. The van der Waals surface area contributed by atoms with Crippen LogP contribution in [0.4, 0.5) is 0 Å². The molecular weight excluding hydrogens is 342 g/mol. The van der Waals surface area contributed by atoms with Crippen LogP contribution in [0.3, 0.4) is 0 Å². The van der Waals surface area contributed by atoms with Crippen LogP contribution in [0.2, 0.25) is 0 Å². The number of hydrogen-bond donors (Lipinski definition) is 0. The van der Waals surface area contributed by atoms with Gasteiger partial charge in [0.25, 0.3) is 0 Å². The second-order valence-electron chi connectivity index (χ2n) is 7.64. The molecule has 0 bridgehead atoms. The van der Waals surface area contributed by atoms with Crippen molar-refractivity contribution in [3.05, 3.63) is 53.5 Å². The molecule has 0 radical (unpaired) electrons. The maximum absolute atomic E-state index is 6.18. The highest BCUT2D eigenvalue weighted by Crippen LogP contribution is 2.36. The highest BCUT2D eigenvalue weighted by Gasteiger charge is 2.47. The number of aromatic nitrogens is 2. The van der Waals surface area contributed by atoms with Gasteiger partial charge in [0.2, 0.25) is 5.88 Å². The van der Waals surface area contributed by atoms with Gasteiger partial charge in [-0.2, -0.15) is 0 Å². The molecule has 0 saturated carbocycles. The molecule has 2 saturated heterocycles. The van der Waals surface area contributed by atoms with E-state index in [1.54, 1.807) is 13.3 Å². The van der Waals surface area contributed by atoms with Crippen LogP contribution in [0, 0.1) is 6.92 Å². The molecule has 2 fully saturated rings. The number of rotatable bonds is 6. The molecule has 2 aromatic rings. The average molecular weight is 369 g/mol. The summed E-state index contributed by atoms with van der Waals surface area (Å²) in [6.07, 6.45) is 7.66. The second kappa shape index (κ2) is 7.92. The van der Waals surface area contributed by atoms with Gasteiger partial charge in [-0.25, -0.2) is 4.98 Å². The van der Waals surface area contributed by atoms with Gasteiger partial charge in [-0.3, -0.25) is 9.88 Å². The van der Waals surface area contributed by atoms with Crippen molar-refractivity contribution in [1.82, 2.24) is 14.9 Å². The summed E-state index contributed by atoms with van der Waals surface area (Å²) < 4.78 is 17.7. The van der Waals surface area contributed by atoms with Crippen LogP contribution in [-0.2, 0) is 22.6 Å². The lowest BCUT2D eigenvalue weighted by molar-refractivity contribution is -0.200. The molecule has 6 heteroatoms. The molecule has 144 valence electrons. The molecule has 0 aliphatic carbocycles. The zero-order chi connectivity index (χ0) is 18.7. The monoisotopic (exact) mass is 369 g/mol. The van der Waals surface area contributed by atoms with Crippen molar-refractivity contribution in [3.8, 4) is 5.88 Å². The van der Waals surface area contributed by atoms with Crippen molar-refractivity contribution >= 4 is 0 Å². The predicted octanol–water partition coefficient (Wildman–Crippen LogP) is 2.74. The Hall–Kier alpha value is -2.02. The van der Waals surface area contributed by atoms with Crippen molar-refractivity contribution in [2.24, 2.45) is 0 Å². The first-order valence-corrected chi connectivity index (χ1v) is 9.52. The van der Waals surface area contributed by atoms with Crippen LogP contribution in [0.5, 0.6) is 5.88 Å². The Balaban J connectivity index is 1.29. The Morgan fingerprint density at radius 3 is 3.04 bits per heavy atom. The summed E-state index contributed by atoms with van der Waals surface area (Å²) in [7, 11) is 1.67. The van der Waals surface area contributed by atoms with Gasteiger partial charge in [-0.1, -0.05) is 12.1 Å². The number of nitrogens with zero attached hydrogens (tertiary/aromatic N) is 3. The molecule has 6 nitrogen and oxygen atoms in total. The number of ether oxygens (including phenoxy) is 3. The van der Waals surface area contributed by atoms with Crippen molar-refractivity contribution in [2.75, 3.05) is 26.8 Å². The Labute approximate surface area is 160 Å². The highest BCUT2D eigenvalue weighted by atomic mass is 16.5. The quantitative estimate of drug-likeness (QED) is 0.780. The van der Waals surface area contributed by atoms with Crippen LogP contribution in [-0.4, -0.2) is 53.4 Å². The number of likely N-dealkylation sites (tertiary alicyclic amines) is 1. The number of aryl methyl sites for hydroxylation is 1. The topological polar surface area (TPSA) is 56.7 Å². The molecular formula is C21H27N3O3. The molecule has 0 aromatic carbocycles. The third-order valence-electron chi connectivity index (χ3n) is 5.33. The summed E-state index contributed by atoms with van der Waals surface area (Å²) in [4.78, 5) is 10.9. The van der Waals surface area contributed by atoms with Gasteiger partial charge < -0.3 is 14.2 Å². The third kappa shape index (κ3) is 4.29. The molecule has 4 rings (SSSR count). The highest BCUT2D eigenvalue weighted by molar-refractivity contribution is 5.26. The SMILES string of the molecule is COc1ncccc1CN1CC2(C[C@H](OCc3cncc(C)c3)CCO2)C1. The van der Waals surface area contributed by atoms with Crippen LogP contribution in [0.25, 0.3) is 0 Å². The van der Waals surface area contributed by atoms with Crippen molar-refractivity contribution < 1.29 is 14.2 Å². The Kier molecular flexibility index (Phi) is 5.38. The zero-order valence-electron chi connectivity index (χ0n) is 16.1. The van der Waals surface area contributed by atoms with Crippen LogP contribution >= 0.6 is 0 Å². The summed E-state index contributed by atoms with van der Waals surface area (Å²) in [5, 5.41) is 0. The molecule has 2 aliphatic heterocycles. The predicted molar refractivity (Wildman–Crippen MR) is 102 cm³/mol. The Morgan fingerprint density at radius 2 is 2.22 bits per heavy atom. The summed E-state index contributed by atoms with van der Waals surface area (Å²) in [6.45, 7) is 6.13. The fraction of sp³-hybridized carbons (Fsp3) is 0.524. The van der Waals surface area contributed by atoms with Crippen LogP contribution in [0.1, 0.15) is 29.5 Å². The van der Waals surface area contributed by atoms with Crippen molar-refractivity contribution in [3.63, 3.8) is 0 Å². The Bertz CT molecular complexity index is 777. The summed E-state index contributed by atoms with van der Waals surface area (Å²) in [6, 6.07) is 6.16. The second-order valence-corrected chi connectivity index (χ2v) is 7.64. The third-order valence-corrected chi connectivity index (χ3v) is 5.33. The van der Waals surface area contributed by atoms with E-state index in [-0.39, 0.29) is 11.7 Å². The molecule has 2 aliphatic rings. The van der Waals surface area contributed by atoms with Crippen molar-refractivity contribution in [2.45, 2.75) is 44.6 Å². The van der Waals surface area contributed by atoms with Crippen molar-refractivity contribution in [1.29, 1.82) is 0 Å². The molecule has 0 N–H and O–H groups in total. The van der Waals surface area contributed by atoms with E-state index in [1.807, 2.05) is 18.5 Å². The summed E-state index contributed by atoms with van der Waals surface area (Å²) >= 11 is 0. The van der Waals surface area contributed by atoms with E-state index < -0.39 is 0 Å². The number of pyridine rings is 2. The zero-order valence-corrected chi connectivity index (χ0v) is 16.1. The van der Waals surface area contributed by atoms with Gasteiger partial charge in [0, 0.05) is 56.8 Å². The minimum Gasteiger partial charge on any atom is -0.481 e. The van der Waals surface area contributed by atoms with Gasteiger partial charge in [0.1, 0.15) is 0 Å². The normalized spacial score (nSPS) is 21.8. The van der Waals surface area contributed by atoms with E-state index in [1.165, 1.54) is 5.56 Å². The lowest BCUT2D eigenvalue weighted by Crippen LogP contribution is -2.65. The number of methoxy groups -OCH3 is 1. The van der Waals surface area contributed by atoms with Crippen LogP contribution < -0.4 is 4.74 Å². The standard InChI is InChI=1S/C21H27N3O3/c1-16-8-17(11-22-10-16)13-26-19-5-7-27-21(9-19)14-24(15-21)12-18-4-3-6-23-20(18)25-2/h3-4,6,8,10-11,19H,5,7,9,12-15H2,1-2H3/t19-/m1/s1. The maximum Gasteiger partial charge on any atom is 0.217 e. The lowest BCUT2D eigenvalue weighted by atomic mass is 9.84. The summed E-state index contributed by atoms with van der Waals surface area (Å²) in [5.41, 5.74) is 3.35. The summed E-state index contributed by atoms with van der Waals surface area (Å²) in [5.74, 6) is 0.705. The average Bonchev–Trinajstić information content (AvgIpc) is 2.66. The first-order valence-electron chi connectivity index (χ1n) is 9.52. The van der Waals surface area contributed by atoms with Gasteiger partial charge in [0.05, 0.1) is 25.4 Å². The largest absolute Gasteiger partial charge is 0.481 e. The fourth-order valence-corrected chi connectivity index (χ4v) is 4.11. The first kappa shape index (κ1) is 18.3. The Morgan fingerprint density at radius 1 is 1.33 bits per heavy atom. The number of hydrogen-bond acceptors (Lipinski definition) is 6. The van der Waals surface area contributed by atoms with Gasteiger partial charge in [-0.05, 0) is 30.5 Å². The lowest BCUT2D eigenvalue weighted by Gasteiger charge is -2.53. The molecule has 2 aromatic heterocycles. The van der Waals surface area contributed by atoms with E-state index in [2.05, 4.69) is 33.9 Å². The smallest absolute Gasteiger partial charge is 0.217 e. The van der Waals surface area contributed by atoms with Gasteiger partial charge in [-0.15, -0.1) is 0 Å². The maximum atomic E-state index is 6.18. The van der Waals surface area contributed by atoms with Gasteiger partial charge in [0.15, 0.2) is 0 Å². The van der Waals surface area contributed by atoms with E-state index in [4.69, 9.17) is 14.2 Å². The molecule has 1 atom stereocenters. The molecule has 27 heavy (non-hydrogen) atoms.